The van der Waals surface area contributed by atoms with Gasteiger partial charge in [-0.2, -0.15) is 4.31 Å². The molecule has 0 amide bonds. The van der Waals surface area contributed by atoms with Gasteiger partial charge >= 0.3 is 0 Å². The lowest BCUT2D eigenvalue weighted by atomic mass is 10.2. The molecule has 0 saturated carbocycles. The van der Waals surface area contributed by atoms with Crippen LogP contribution in [0.4, 0.5) is 0 Å². The van der Waals surface area contributed by atoms with Gasteiger partial charge in [0.2, 0.25) is 10.0 Å². The van der Waals surface area contributed by atoms with Crippen molar-refractivity contribution in [3.63, 3.8) is 0 Å². The maximum Gasteiger partial charge on any atom is 0.244 e. The second-order valence-electron chi connectivity index (χ2n) is 4.69. The minimum Gasteiger partial charge on any atom is -0.392 e. The summed E-state index contributed by atoms with van der Waals surface area (Å²) >= 11 is 6.01. The fourth-order valence-electron chi connectivity index (χ4n) is 2.14. The summed E-state index contributed by atoms with van der Waals surface area (Å²) in [6.45, 7) is 2.77. The Hall–Kier alpha value is -0.660. The lowest BCUT2D eigenvalue weighted by Crippen LogP contribution is -2.45. The quantitative estimate of drug-likeness (QED) is 0.916. The third-order valence-electron chi connectivity index (χ3n) is 3.35. The monoisotopic (exact) mass is 319 g/mol. The van der Waals surface area contributed by atoms with Crippen molar-refractivity contribution in [3.05, 3.63) is 28.8 Å². The van der Waals surface area contributed by atoms with Crippen LogP contribution < -0.4 is 0 Å². The highest BCUT2D eigenvalue weighted by Crippen LogP contribution is 2.27. The molecule has 112 valence electrons. The summed E-state index contributed by atoms with van der Waals surface area (Å²) in [5.41, 5.74) is 0.522. The highest BCUT2D eigenvalue weighted by Gasteiger charge is 2.31. The van der Waals surface area contributed by atoms with Gasteiger partial charge in [-0.3, -0.25) is 0 Å². The number of nitrogens with zero attached hydrogens (tertiary/aromatic N) is 1. The van der Waals surface area contributed by atoms with E-state index in [0.717, 1.165) is 6.42 Å². The Morgan fingerprint density at radius 1 is 1.50 bits per heavy atom. The van der Waals surface area contributed by atoms with Gasteiger partial charge in [0.1, 0.15) is 4.90 Å². The molecule has 1 aromatic carbocycles. The van der Waals surface area contributed by atoms with E-state index >= 15 is 0 Å². The van der Waals surface area contributed by atoms with Crippen LogP contribution in [0.25, 0.3) is 0 Å². The van der Waals surface area contributed by atoms with Crippen LogP contribution in [0.5, 0.6) is 0 Å². The smallest absolute Gasteiger partial charge is 0.244 e. The number of hydrogen-bond donors (Lipinski definition) is 1. The zero-order valence-electron chi connectivity index (χ0n) is 11.3. The highest BCUT2D eigenvalue weighted by molar-refractivity contribution is 7.89. The van der Waals surface area contributed by atoms with E-state index in [1.165, 1.54) is 16.4 Å². The number of benzene rings is 1. The summed E-state index contributed by atoms with van der Waals surface area (Å²) in [4.78, 5) is 0.0440. The van der Waals surface area contributed by atoms with Gasteiger partial charge in [0.15, 0.2) is 0 Å². The van der Waals surface area contributed by atoms with Crippen LogP contribution >= 0.6 is 11.6 Å². The molecule has 1 N–H and O–H groups in total. The summed E-state index contributed by atoms with van der Waals surface area (Å²) in [5.74, 6) is 0. The number of rotatable bonds is 4. The molecule has 5 nitrogen and oxygen atoms in total. The Morgan fingerprint density at radius 2 is 2.25 bits per heavy atom. The van der Waals surface area contributed by atoms with E-state index in [4.69, 9.17) is 21.4 Å². The lowest BCUT2D eigenvalue weighted by Gasteiger charge is -2.31. The van der Waals surface area contributed by atoms with Crippen LogP contribution in [0, 0.1) is 0 Å². The van der Waals surface area contributed by atoms with Crippen molar-refractivity contribution >= 4 is 21.6 Å². The van der Waals surface area contributed by atoms with Gasteiger partial charge in [0, 0.05) is 13.1 Å². The van der Waals surface area contributed by atoms with E-state index in [1.54, 1.807) is 6.07 Å². The van der Waals surface area contributed by atoms with Crippen molar-refractivity contribution in [1.29, 1.82) is 0 Å². The van der Waals surface area contributed by atoms with E-state index < -0.39 is 10.0 Å². The lowest BCUT2D eigenvalue weighted by molar-refractivity contribution is -0.00278. The molecule has 0 bridgehead atoms. The number of ether oxygens (including phenoxy) is 1. The summed E-state index contributed by atoms with van der Waals surface area (Å²) in [6.07, 6.45) is 0.675. The molecular weight excluding hydrogens is 302 g/mol. The first kappa shape index (κ1) is 15.7. The van der Waals surface area contributed by atoms with Gasteiger partial charge < -0.3 is 9.84 Å². The number of halogens is 1. The van der Waals surface area contributed by atoms with Gasteiger partial charge in [0.25, 0.3) is 0 Å². The molecule has 1 saturated heterocycles. The average molecular weight is 320 g/mol. The van der Waals surface area contributed by atoms with Gasteiger partial charge in [-0.05, 0) is 24.1 Å². The van der Waals surface area contributed by atoms with E-state index in [9.17, 15) is 8.42 Å². The van der Waals surface area contributed by atoms with Crippen LogP contribution in [0.1, 0.15) is 18.9 Å². The molecule has 1 aromatic rings. The van der Waals surface area contributed by atoms with Crippen LogP contribution in [-0.4, -0.2) is 43.6 Å². The maximum absolute atomic E-state index is 12.6. The zero-order chi connectivity index (χ0) is 14.8. The Kier molecular flexibility index (Phi) is 5.04. The van der Waals surface area contributed by atoms with E-state index in [-0.39, 0.29) is 22.6 Å². The zero-order valence-corrected chi connectivity index (χ0v) is 12.8. The second-order valence-corrected chi connectivity index (χ2v) is 7.00. The summed E-state index contributed by atoms with van der Waals surface area (Å²) in [6, 6.07) is 4.53. The van der Waals surface area contributed by atoms with Gasteiger partial charge in [0.05, 0.1) is 24.3 Å². The number of aliphatic hydroxyl groups is 1. The molecule has 7 heteroatoms. The minimum absolute atomic E-state index is 0.0440. The van der Waals surface area contributed by atoms with Crippen molar-refractivity contribution in [2.45, 2.75) is 31.0 Å². The Labute approximate surface area is 124 Å². The molecule has 1 aliphatic rings. The van der Waals surface area contributed by atoms with E-state index in [1.807, 2.05) is 6.92 Å². The molecule has 2 rings (SSSR count). The predicted octanol–water partition coefficient (Wildman–Crippen LogP) is 1.63. The summed E-state index contributed by atoms with van der Waals surface area (Å²) < 4.78 is 32.2. The van der Waals surface area contributed by atoms with Crippen LogP contribution in [-0.2, 0) is 21.4 Å². The number of morpholine rings is 1. The molecule has 1 fully saturated rings. The number of sulfonamides is 1. The number of aliphatic hydroxyl groups excluding tert-OH is 1. The summed E-state index contributed by atoms with van der Waals surface area (Å²) in [5, 5.41) is 9.31. The van der Waals surface area contributed by atoms with Gasteiger partial charge in [-0.15, -0.1) is 0 Å². The van der Waals surface area contributed by atoms with E-state index in [0.29, 0.717) is 25.3 Å². The molecule has 1 aliphatic heterocycles. The fourth-order valence-corrected chi connectivity index (χ4v) is 4.12. The van der Waals surface area contributed by atoms with Crippen molar-refractivity contribution in [2.24, 2.45) is 0 Å². The second kappa shape index (κ2) is 6.41. The van der Waals surface area contributed by atoms with Crippen LogP contribution in [0.3, 0.4) is 0 Å². The largest absolute Gasteiger partial charge is 0.392 e. The summed E-state index contributed by atoms with van der Waals surface area (Å²) in [7, 11) is -3.66. The molecule has 0 radical (unpaired) electrons. The molecule has 1 unspecified atom stereocenters. The van der Waals surface area contributed by atoms with Crippen molar-refractivity contribution < 1.29 is 18.3 Å². The normalized spacial score (nSPS) is 21.1. The SMILES string of the molecule is CCC1CN(S(=O)(=O)c2cc(CO)ccc2Cl)CCO1. The predicted molar refractivity (Wildman–Crippen MR) is 76.2 cm³/mol. The standard InChI is InChI=1S/C13H18ClNO4S/c1-2-11-8-15(5-6-19-11)20(17,18)13-7-10(9-16)3-4-12(13)14/h3-4,7,11,16H,2,5-6,8-9H2,1H3. The first-order valence-corrected chi connectivity index (χ1v) is 8.32. The number of hydrogen-bond acceptors (Lipinski definition) is 4. The third-order valence-corrected chi connectivity index (χ3v) is 5.70. The van der Waals surface area contributed by atoms with Gasteiger partial charge in [-0.1, -0.05) is 24.6 Å². The topological polar surface area (TPSA) is 66.8 Å². The maximum atomic E-state index is 12.6. The molecular formula is C13H18ClNO4S. The Balaban J connectivity index is 2.34. The first-order valence-electron chi connectivity index (χ1n) is 6.50. The van der Waals surface area contributed by atoms with Crippen LogP contribution in [0.15, 0.2) is 23.1 Å². The Bertz CT molecular complexity index is 576. The first-order chi connectivity index (χ1) is 9.48. The molecule has 0 aliphatic carbocycles. The van der Waals surface area contributed by atoms with Crippen molar-refractivity contribution in [1.82, 2.24) is 4.31 Å². The molecule has 20 heavy (non-hydrogen) atoms. The highest BCUT2D eigenvalue weighted by atomic mass is 35.5. The minimum atomic E-state index is -3.66. The van der Waals surface area contributed by atoms with Crippen molar-refractivity contribution in [3.8, 4) is 0 Å². The van der Waals surface area contributed by atoms with E-state index in [2.05, 4.69) is 0 Å². The van der Waals surface area contributed by atoms with Gasteiger partial charge in [-0.25, -0.2) is 8.42 Å². The molecule has 0 spiro atoms. The van der Waals surface area contributed by atoms with Crippen LogP contribution in [0.2, 0.25) is 5.02 Å². The third kappa shape index (κ3) is 3.15. The average Bonchev–Trinajstić information content (AvgIpc) is 2.47. The Morgan fingerprint density at radius 3 is 2.90 bits per heavy atom. The fraction of sp³-hybridized carbons (Fsp3) is 0.538. The molecule has 1 heterocycles. The molecule has 1 atom stereocenters. The van der Waals surface area contributed by atoms with Crippen molar-refractivity contribution in [2.75, 3.05) is 19.7 Å². The molecule has 0 aromatic heterocycles.